The molecule has 0 unspecified atom stereocenters. The Labute approximate surface area is 201 Å². The SMILES string of the molecule is CCOc1ccc(N(CC(=O)N/N=C\c2cc(Br)c(C)o2)S(=O)(=O)c2ccc(C)cc2)cc1. The molecule has 0 fully saturated rings. The van der Waals surface area contributed by atoms with Crippen LogP contribution in [0.2, 0.25) is 0 Å². The van der Waals surface area contributed by atoms with E-state index in [1.807, 2.05) is 13.8 Å². The summed E-state index contributed by atoms with van der Waals surface area (Å²) in [6.45, 7) is 5.52. The number of rotatable bonds is 9. The highest BCUT2D eigenvalue weighted by molar-refractivity contribution is 9.10. The van der Waals surface area contributed by atoms with Crippen LogP contribution in [0, 0.1) is 13.8 Å². The Morgan fingerprint density at radius 1 is 1.15 bits per heavy atom. The number of amides is 1. The minimum absolute atomic E-state index is 0.0780. The lowest BCUT2D eigenvalue weighted by Crippen LogP contribution is -2.39. The fourth-order valence-corrected chi connectivity index (χ4v) is 4.63. The molecule has 10 heteroatoms. The number of hydrogen-bond acceptors (Lipinski definition) is 6. The molecule has 1 amide bonds. The molecule has 0 saturated carbocycles. The lowest BCUT2D eigenvalue weighted by molar-refractivity contribution is -0.119. The third-order valence-electron chi connectivity index (χ3n) is 4.59. The van der Waals surface area contributed by atoms with Crippen LogP contribution in [-0.2, 0) is 14.8 Å². The number of carbonyl (C=O) groups excluding carboxylic acids is 1. The molecule has 8 nitrogen and oxygen atoms in total. The van der Waals surface area contributed by atoms with Crippen molar-refractivity contribution in [3.05, 3.63) is 76.2 Å². The van der Waals surface area contributed by atoms with Crippen LogP contribution in [0.4, 0.5) is 5.69 Å². The van der Waals surface area contributed by atoms with Crippen LogP contribution in [0.15, 0.2) is 73.5 Å². The van der Waals surface area contributed by atoms with E-state index in [-0.39, 0.29) is 4.90 Å². The van der Waals surface area contributed by atoms with Gasteiger partial charge in [-0.15, -0.1) is 0 Å². The Balaban J connectivity index is 1.84. The van der Waals surface area contributed by atoms with E-state index in [0.29, 0.717) is 29.6 Å². The highest BCUT2D eigenvalue weighted by atomic mass is 79.9. The number of aryl methyl sites for hydroxylation is 2. The van der Waals surface area contributed by atoms with E-state index >= 15 is 0 Å². The van der Waals surface area contributed by atoms with Crippen LogP contribution in [0.1, 0.15) is 24.0 Å². The fraction of sp³-hybridized carbons (Fsp3) is 0.217. The molecule has 1 aromatic heterocycles. The first-order chi connectivity index (χ1) is 15.7. The summed E-state index contributed by atoms with van der Waals surface area (Å²) in [5, 5.41) is 3.87. The lowest BCUT2D eigenvalue weighted by atomic mass is 10.2. The van der Waals surface area contributed by atoms with Gasteiger partial charge in [-0.25, -0.2) is 13.8 Å². The van der Waals surface area contributed by atoms with Gasteiger partial charge in [-0.3, -0.25) is 9.10 Å². The van der Waals surface area contributed by atoms with Crippen molar-refractivity contribution in [2.75, 3.05) is 17.5 Å². The standard InChI is InChI=1S/C23H24BrN3O5S/c1-4-31-19-9-7-18(8-10-19)27(33(29,30)21-11-5-16(2)6-12-21)15-23(28)26-25-14-20-13-22(24)17(3)32-20/h5-14H,4,15H2,1-3H3,(H,26,28)/b25-14-. The molecule has 1 N–H and O–H groups in total. The minimum atomic E-state index is -4.02. The highest BCUT2D eigenvalue weighted by Crippen LogP contribution is 2.26. The van der Waals surface area contributed by atoms with Gasteiger partial charge in [-0.1, -0.05) is 17.7 Å². The quantitative estimate of drug-likeness (QED) is 0.324. The molecule has 2 aromatic carbocycles. The Kier molecular flexibility index (Phi) is 7.93. The Morgan fingerprint density at radius 2 is 1.82 bits per heavy atom. The first-order valence-electron chi connectivity index (χ1n) is 10.1. The molecule has 0 aliphatic rings. The second kappa shape index (κ2) is 10.7. The van der Waals surface area contributed by atoms with Crippen molar-refractivity contribution >= 4 is 43.8 Å². The number of sulfonamides is 1. The number of hydrazone groups is 1. The maximum absolute atomic E-state index is 13.4. The van der Waals surface area contributed by atoms with Gasteiger partial charge in [-0.2, -0.15) is 5.10 Å². The summed E-state index contributed by atoms with van der Waals surface area (Å²) in [6.07, 6.45) is 1.34. The molecule has 0 spiro atoms. The van der Waals surface area contributed by atoms with Gasteiger partial charge < -0.3 is 9.15 Å². The van der Waals surface area contributed by atoms with Gasteiger partial charge in [0.25, 0.3) is 15.9 Å². The van der Waals surface area contributed by atoms with E-state index in [9.17, 15) is 13.2 Å². The largest absolute Gasteiger partial charge is 0.494 e. The third-order valence-corrected chi connectivity index (χ3v) is 7.16. The van der Waals surface area contributed by atoms with Gasteiger partial charge in [0.15, 0.2) is 0 Å². The smallest absolute Gasteiger partial charge is 0.264 e. The number of nitrogens with one attached hydrogen (secondary N) is 1. The number of anilines is 1. The summed E-state index contributed by atoms with van der Waals surface area (Å²) in [5.74, 6) is 1.10. The van der Waals surface area contributed by atoms with Crippen molar-refractivity contribution in [3.63, 3.8) is 0 Å². The highest BCUT2D eigenvalue weighted by Gasteiger charge is 2.27. The lowest BCUT2D eigenvalue weighted by Gasteiger charge is -2.24. The second-order valence-electron chi connectivity index (χ2n) is 7.10. The molecule has 33 heavy (non-hydrogen) atoms. The Hall–Kier alpha value is -3.11. The van der Waals surface area contributed by atoms with E-state index in [4.69, 9.17) is 9.15 Å². The topological polar surface area (TPSA) is 101 Å². The van der Waals surface area contributed by atoms with Crippen LogP contribution >= 0.6 is 15.9 Å². The molecule has 0 aliphatic carbocycles. The number of furan rings is 1. The normalized spacial score (nSPS) is 11.5. The molecule has 0 bridgehead atoms. The van der Waals surface area contributed by atoms with Crippen LogP contribution in [0.5, 0.6) is 5.75 Å². The number of benzene rings is 2. The van der Waals surface area contributed by atoms with Gasteiger partial charge >= 0.3 is 0 Å². The zero-order valence-electron chi connectivity index (χ0n) is 18.4. The second-order valence-corrected chi connectivity index (χ2v) is 9.81. The summed E-state index contributed by atoms with van der Waals surface area (Å²) < 4.78 is 39.4. The molecular formula is C23H24BrN3O5S. The number of carbonyl (C=O) groups is 1. The summed E-state index contributed by atoms with van der Waals surface area (Å²) in [4.78, 5) is 12.7. The predicted octanol–water partition coefficient (Wildman–Crippen LogP) is 4.40. The predicted molar refractivity (Wildman–Crippen MR) is 130 cm³/mol. The maximum atomic E-state index is 13.4. The maximum Gasteiger partial charge on any atom is 0.264 e. The summed E-state index contributed by atoms with van der Waals surface area (Å²) in [6, 6.07) is 14.6. The molecule has 0 saturated heterocycles. The van der Waals surface area contributed by atoms with Crippen LogP contribution < -0.4 is 14.5 Å². The molecule has 0 aliphatic heterocycles. The monoisotopic (exact) mass is 533 g/mol. The molecule has 174 valence electrons. The zero-order valence-corrected chi connectivity index (χ0v) is 20.8. The van der Waals surface area contributed by atoms with Crippen molar-refractivity contribution in [1.29, 1.82) is 0 Å². The number of halogens is 1. The van der Waals surface area contributed by atoms with Crippen molar-refractivity contribution in [1.82, 2.24) is 5.43 Å². The number of ether oxygens (including phenoxy) is 1. The van der Waals surface area contributed by atoms with Crippen molar-refractivity contribution in [2.45, 2.75) is 25.7 Å². The fourth-order valence-electron chi connectivity index (χ4n) is 2.91. The molecule has 0 radical (unpaired) electrons. The molecule has 3 rings (SSSR count). The van der Waals surface area contributed by atoms with E-state index in [1.54, 1.807) is 49.4 Å². The van der Waals surface area contributed by atoms with Crippen LogP contribution in [-0.4, -0.2) is 33.7 Å². The Morgan fingerprint density at radius 3 is 2.39 bits per heavy atom. The Bertz CT molecular complexity index is 1220. The van der Waals surface area contributed by atoms with E-state index in [0.717, 1.165) is 14.3 Å². The average molecular weight is 534 g/mol. The van der Waals surface area contributed by atoms with Crippen LogP contribution in [0.25, 0.3) is 0 Å². The van der Waals surface area contributed by atoms with E-state index in [2.05, 4.69) is 26.5 Å². The van der Waals surface area contributed by atoms with Gasteiger partial charge in [0, 0.05) is 6.07 Å². The number of nitrogens with zero attached hydrogens (tertiary/aromatic N) is 2. The van der Waals surface area contributed by atoms with Gasteiger partial charge in [-0.05, 0) is 73.1 Å². The average Bonchev–Trinajstić information content (AvgIpc) is 3.10. The van der Waals surface area contributed by atoms with E-state index < -0.39 is 22.5 Å². The summed E-state index contributed by atoms with van der Waals surface area (Å²) in [7, 11) is -4.02. The molecular weight excluding hydrogens is 510 g/mol. The van der Waals surface area contributed by atoms with Gasteiger partial charge in [0.1, 0.15) is 23.8 Å². The van der Waals surface area contributed by atoms with E-state index in [1.165, 1.54) is 18.3 Å². The third kappa shape index (κ3) is 6.23. The van der Waals surface area contributed by atoms with Crippen molar-refractivity contribution in [2.24, 2.45) is 5.10 Å². The van der Waals surface area contributed by atoms with Crippen molar-refractivity contribution in [3.8, 4) is 5.75 Å². The van der Waals surface area contributed by atoms with Gasteiger partial charge in [0.05, 0.1) is 27.9 Å². The van der Waals surface area contributed by atoms with Crippen molar-refractivity contribution < 1.29 is 22.4 Å². The van der Waals surface area contributed by atoms with Gasteiger partial charge in [0.2, 0.25) is 0 Å². The molecule has 3 aromatic rings. The first-order valence-corrected chi connectivity index (χ1v) is 12.3. The minimum Gasteiger partial charge on any atom is -0.494 e. The summed E-state index contributed by atoms with van der Waals surface area (Å²) >= 11 is 3.33. The zero-order chi connectivity index (χ0) is 24.0. The molecule has 0 atom stereocenters. The summed E-state index contributed by atoms with van der Waals surface area (Å²) in [5.41, 5.74) is 3.60. The number of hydrogen-bond donors (Lipinski definition) is 1. The first kappa shape index (κ1) is 24.5. The molecule has 1 heterocycles. The van der Waals surface area contributed by atoms with Crippen LogP contribution in [0.3, 0.4) is 0 Å².